The molecule has 0 aliphatic carbocycles. The second-order valence-corrected chi connectivity index (χ2v) is 20.0. The highest BCUT2D eigenvalue weighted by Gasteiger charge is 2.44. The van der Waals surface area contributed by atoms with Gasteiger partial charge < -0.3 is 45.1 Å². The zero-order valence-electron chi connectivity index (χ0n) is 43.8. The van der Waals surface area contributed by atoms with Crippen molar-refractivity contribution in [2.24, 2.45) is 0 Å². The van der Waals surface area contributed by atoms with Gasteiger partial charge in [-0.2, -0.15) is 0 Å². The molecule has 0 aromatic carbocycles. The van der Waals surface area contributed by atoms with Gasteiger partial charge in [0.2, 0.25) is 5.91 Å². The van der Waals surface area contributed by atoms with Crippen LogP contribution < -0.4 is 5.32 Å². The van der Waals surface area contributed by atoms with Crippen molar-refractivity contribution in [3.63, 3.8) is 0 Å². The zero-order chi connectivity index (χ0) is 49.6. The van der Waals surface area contributed by atoms with Crippen LogP contribution >= 0.6 is 0 Å². The molecule has 0 saturated carbocycles. The number of carbonyl (C=O) groups excluding carboxylic acids is 2. The van der Waals surface area contributed by atoms with E-state index in [0.717, 1.165) is 89.9 Å². The van der Waals surface area contributed by atoms with Gasteiger partial charge in [0.05, 0.1) is 32.0 Å². The zero-order valence-corrected chi connectivity index (χ0v) is 43.8. The lowest BCUT2D eigenvalue weighted by Gasteiger charge is -2.40. The number of esters is 1. The predicted octanol–water partition coefficient (Wildman–Crippen LogP) is 12.6. The summed E-state index contributed by atoms with van der Waals surface area (Å²) in [6.45, 7) is 4.28. The van der Waals surface area contributed by atoms with Crippen molar-refractivity contribution in [1.82, 2.24) is 5.32 Å². The largest absolute Gasteiger partial charge is 0.466 e. The highest BCUT2D eigenvalue weighted by molar-refractivity contribution is 5.76. The van der Waals surface area contributed by atoms with Gasteiger partial charge in [0.25, 0.3) is 0 Å². The van der Waals surface area contributed by atoms with Crippen LogP contribution in [0.2, 0.25) is 0 Å². The Morgan fingerprint density at radius 1 is 0.529 bits per heavy atom. The summed E-state index contributed by atoms with van der Waals surface area (Å²) in [6.07, 6.45) is 45.6. The van der Waals surface area contributed by atoms with Gasteiger partial charge in [0.1, 0.15) is 24.4 Å². The van der Waals surface area contributed by atoms with E-state index in [2.05, 4.69) is 31.3 Å². The summed E-state index contributed by atoms with van der Waals surface area (Å²) >= 11 is 0. The minimum atomic E-state index is -1.58. The minimum absolute atomic E-state index is 0.0182. The molecule has 7 unspecified atom stereocenters. The summed E-state index contributed by atoms with van der Waals surface area (Å²) in [5.74, 6) is -0.219. The van der Waals surface area contributed by atoms with Gasteiger partial charge >= 0.3 is 5.97 Å². The van der Waals surface area contributed by atoms with Gasteiger partial charge in [-0.1, -0.05) is 218 Å². The number of rotatable bonds is 49. The predicted molar refractivity (Wildman–Crippen MR) is 278 cm³/mol. The van der Waals surface area contributed by atoms with E-state index in [1.54, 1.807) is 6.08 Å². The number of allylic oxidation sites excluding steroid dienone is 3. The summed E-state index contributed by atoms with van der Waals surface area (Å²) in [4.78, 5) is 25.0. The lowest BCUT2D eigenvalue weighted by Crippen LogP contribution is -2.60. The molecule has 1 aliphatic rings. The van der Waals surface area contributed by atoms with Gasteiger partial charge in [0, 0.05) is 12.8 Å². The summed E-state index contributed by atoms with van der Waals surface area (Å²) in [7, 11) is 0. The highest BCUT2D eigenvalue weighted by atomic mass is 16.7. The lowest BCUT2D eigenvalue weighted by molar-refractivity contribution is -0.302. The summed E-state index contributed by atoms with van der Waals surface area (Å²) < 4.78 is 16.7. The molecule has 0 radical (unpaired) electrons. The minimum Gasteiger partial charge on any atom is -0.466 e. The van der Waals surface area contributed by atoms with E-state index in [9.17, 15) is 35.1 Å². The summed E-state index contributed by atoms with van der Waals surface area (Å²) in [5.41, 5.74) is 0. The van der Waals surface area contributed by atoms with Crippen molar-refractivity contribution in [2.75, 3.05) is 19.8 Å². The van der Waals surface area contributed by atoms with Crippen LogP contribution in [-0.2, 0) is 23.8 Å². The van der Waals surface area contributed by atoms with Gasteiger partial charge in [-0.3, -0.25) is 9.59 Å². The molecule has 1 heterocycles. The molecule has 0 aromatic heterocycles. The van der Waals surface area contributed by atoms with Gasteiger partial charge in [-0.05, 0) is 57.8 Å². The van der Waals surface area contributed by atoms with Gasteiger partial charge in [-0.15, -0.1) is 0 Å². The Hall–Kier alpha value is -1.86. The Morgan fingerprint density at radius 2 is 0.941 bits per heavy atom. The third kappa shape index (κ3) is 37.0. The molecule has 6 N–H and O–H groups in total. The number of aliphatic hydroxyl groups excluding tert-OH is 5. The molecule has 1 saturated heterocycles. The van der Waals surface area contributed by atoms with E-state index in [0.29, 0.717) is 19.4 Å². The maximum absolute atomic E-state index is 13.0. The number of carbonyl (C=O) groups is 2. The number of amides is 1. The fraction of sp³-hybridized carbons (Fsp3) is 0.895. The molecular formula is C57H107NO10. The van der Waals surface area contributed by atoms with Crippen LogP contribution in [0.4, 0.5) is 0 Å². The van der Waals surface area contributed by atoms with Crippen LogP contribution in [0.1, 0.15) is 264 Å². The fourth-order valence-corrected chi connectivity index (χ4v) is 8.96. The van der Waals surface area contributed by atoms with Crippen molar-refractivity contribution in [3.05, 3.63) is 24.3 Å². The van der Waals surface area contributed by atoms with E-state index in [1.807, 2.05) is 6.08 Å². The molecule has 1 rings (SSSR count). The van der Waals surface area contributed by atoms with Crippen LogP contribution in [0, 0.1) is 0 Å². The molecule has 0 bridgehead atoms. The lowest BCUT2D eigenvalue weighted by atomic mass is 9.99. The molecule has 1 aliphatic heterocycles. The van der Waals surface area contributed by atoms with Crippen molar-refractivity contribution in [3.8, 4) is 0 Å². The average Bonchev–Trinajstić information content (AvgIpc) is 3.33. The maximum atomic E-state index is 13.0. The van der Waals surface area contributed by atoms with Crippen molar-refractivity contribution in [1.29, 1.82) is 0 Å². The van der Waals surface area contributed by atoms with E-state index in [-0.39, 0.29) is 18.5 Å². The fourth-order valence-electron chi connectivity index (χ4n) is 8.96. The highest BCUT2D eigenvalue weighted by Crippen LogP contribution is 2.23. The van der Waals surface area contributed by atoms with Crippen LogP contribution in [0.3, 0.4) is 0 Å². The molecule has 400 valence electrons. The molecule has 11 heteroatoms. The first kappa shape index (κ1) is 64.2. The maximum Gasteiger partial charge on any atom is 0.305 e. The average molecular weight is 966 g/mol. The Balaban J connectivity index is 2.07. The Morgan fingerprint density at radius 3 is 1.41 bits per heavy atom. The molecule has 1 fully saturated rings. The normalized spacial score (nSPS) is 19.5. The summed E-state index contributed by atoms with van der Waals surface area (Å²) in [5, 5.41) is 54.1. The van der Waals surface area contributed by atoms with Crippen molar-refractivity contribution in [2.45, 2.75) is 307 Å². The van der Waals surface area contributed by atoms with Gasteiger partial charge in [0.15, 0.2) is 6.29 Å². The van der Waals surface area contributed by atoms with Crippen LogP contribution in [0.5, 0.6) is 0 Å². The number of unbranched alkanes of at least 4 members (excludes halogenated alkanes) is 33. The number of hydrogen-bond acceptors (Lipinski definition) is 10. The number of aliphatic hydroxyl groups is 5. The molecule has 7 atom stereocenters. The smallest absolute Gasteiger partial charge is 0.305 e. The topological polar surface area (TPSA) is 175 Å². The first-order chi connectivity index (χ1) is 33.2. The SMILES string of the molecule is CCCCCCCCC/C=C/C(O)C(COC1OC(CO)C(O)C(O)C1O)NC(=O)CCCCCCC/C=C\CCCCCCCCCOC(=O)CCCCCCCCCCCCCCCCC. The quantitative estimate of drug-likeness (QED) is 0.0196. The Kier molecular flexibility index (Phi) is 44.8. The van der Waals surface area contributed by atoms with Gasteiger partial charge in [-0.25, -0.2) is 0 Å². The number of hydrogen-bond donors (Lipinski definition) is 6. The molecular weight excluding hydrogens is 859 g/mol. The van der Waals surface area contributed by atoms with Crippen molar-refractivity contribution >= 4 is 11.9 Å². The number of ether oxygens (including phenoxy) is 3. The second-order valence-electron chi connectivity index (χ2n) is 20.0. The summed E-state index contributed by atoms with van der Waals surface area (Å²) in [6, 6.07) is -0.820. The van der Waals surface area contributed by atoms with E-state index >= 15 is 0 Å². The molecule has 0 spiro atoms. The van der Waals surface area contributed by atoms with Crippen LogP contribution in [0.25, 0.3) is 0 Å². The third-order valence-electron chi connectivity index (χ3n) is 13.6. The Labute approximate surface area is 416 Å². The molecule has 0 aromatic rings. The van der Waals surface area contributed by atoms with E-state index in [1.165, 1.54) is 148 Å². The third-order valence-corrected chi connectivity index (χ3v) is 13.6. The molecule has 11 nitrogen and oxygen atoms in total. The van der Waals surface area contributed by atoms with Crippen LogP contribution in [0.15, 0.2) is 24.3 Å². The van der Waals surface area contributed by atoms with Crippen molar-refractivity contribution < 1.29 is 49.3 Å². The molecule has 1 amide bonds. The first-order valence-electron chi connectivity index (χ1n) is 28.6. The standard InChI is InChI=1S/C57H107NO10/c1-3-5-7-9-11-13-14-15-18-22-25-29-33-37-41-45-53(62)66-46-42-38-34-30-26-23-20-17-16-19-21-24-28-32-36-40-44-52(61)58-49(50(60)43-39-35-31-27-12-10-8-6-4-2)48-67-57-56(65)55(64)54(63)51(47-59)68-57/h16,19,39,43,49-51,54-57,59-60,63-65H,3-15,17-18,20-38,40-42,44-48H2,1-2H3,(H,58,61)/b19-16-,43-39+. The van der Waals surface area contributed by atoms with Crippen LogP contribution in [-0.4, -0.2) is 100 Å². The number of nitrogens with one attached hydrogen (secondary N) is 1. The first-order valence-corrected chi connectivity index (χ1v) is 28.6. The second kappa shape index (κ2) is 47.5. The molecule has 68 heavy (non-hydrogen) atoms. The monoisotopic (exact) mass is 966 g/mol. The van der Waals surface area contributed by atoms with E-state index < -0.39 is 49.5 Å². The van der Waals surface area contributed by atoms with E-state index in [4.69, 9.17) is 14.2 Å². The Bertz CT molecular complexity index is 1180.